The molecule has 0 aliphatic heterocycles. The van der Waals surface area contributed by atoms with Crippen molar-refractivity contribution in [3.05, 3.63) is 36.4 Å². The van der Waals surface area contributed by atoms with Gasteiger partial charge in [0.25, 0.3) is 0 Å². The zero-order valence-electron chi connectivity index (χ0n) is 7.18. The van der Waals surface area contributed by atoms with Crippen molar-refractivity contribution < 1.29 is 4.39 Å². The fourth-order valence-corrected chi connectivity index (χ4v) is 1.13. The van der Waals surface area contributed by atoms with Crippen LogP contribution in [-0.4, -0.2) is 15.2 Å². The van der Waals surface area contributed by atoms with Gasteiger partial charge in [-0.25, -0.2) is 9.37 Å². The topological polar surface area (TPSA) is 64.7 Å². The van der Waals surface area contributed by atoms with Crippen LogP contribution in [0.25, 0.3) is 11.3 Å². The molecule has 0 spiro atoms. The maximum absolute atomic E-state index is 13.3. The molecule has 14 heavy (non-hydrogen) atoms. The van der Waals surface area contributed by atoms with Gasteiger partial charge in [0.05, 0.1) is 0 Å². The molecule has 0 atom stereocenters. The fourth-order valence-electron chi connectivity index (χ4n) is 1.13. The van der Waals surface area contributed by atoms with Crippen molar-refractivity contribution in [1.29, 1.82) is 0 Å². The Morgan fingerprint density at radius 1 is 1.21 bits per heavy atom. The predicted octanol–water partition coefficient (Wildman–Crippen LogP) is 1.26. The molecule has 2 aromatic rings. The number of nitrogen functional groups attached to an aromatic ring is 1. The van der Waals surface area contributed by atoms with Crippen molar-refractivity contribution in [2.45, 2.75) is 0 Å². The van der Waals surface area contributed by atoms with E-state index in [2.05, 4.69) is 15.2 Å². The third-order valence-corrected chi connectivity index (χ3v) is 1.78. The van der Waals surface area contributed by atoms with Gasteiger partial charge in [-0.3, -0.25) is 0 Å². The van der Waals surface area contributed by atoms with Crippen LogP contribution in [0, 0.1) is 5.82 Å². The number of rotatable bonds is 1. The van der Waals surface area contributed by atoms with Crippen LogP contribution in [0.15, 0.2) is 30.6 Å². The molecule has 2 N–H and O–H groups in total. The van der Waals surface area contributed by atoms with Gasteiger partial charge in [-0.1, -0.05) is 12.1 Å². The van der Waals surface area contributed by atoms with Crippen LogP contribution in [0.5, 0.6) is 0 Å². The standard InChI is InChI=1S/C9H7FN4/c10-7-4-2-1-3-6(7)8-9(11)12-5-13-14-8/h1-5H,(H2,11,12,13). The van der Waals surface area contributed by atoms with Gasteiger partial charge in [0.15, 0.2) is 5.82 Å². The highest BCUT2D eigenvalue weighted by Crippen LogP contribution is 2.22. The molecule has 0 bridgehead atoms. The second kappa shape index (κ2) is 3.37. The minimum Gasteiger partial charge on any atom is -0.382 e. The normalized spacial score (nSPS) is 10.1. The first-order valence-electron chi connectivity index (χ1n) is 3.97. The average molecular weight is 190 g/mol. The van der Waals surface area contributed by atoms with Gasteiger partial charge in [-0.2, -0.15) is 0 Å². The molecule has 0 aliphatic rings. The first kappa shape index (κ1) is 8.55. The van der Waals surface area contributed by atoms with Gasteiger partial charge in [-0.05, 0) is 12.1 Å². The highest BCUT2D eigenvalue weighted by atomic mass is 19.1. The maximum Gasteiger partial charge on any atom is 0.153 e. The van der Waals surface area contributed by atoms with E-state index in [1.165, 1.54) is 12.4 Å². The van der Waals surface area contributed by atoms with Crippen LogP contribution in [0.3, 0.4) is 0 Å². The molecule has 0 saturated heterocycles. The van der Waals surface area contributed by atoms with Crippen molar-refractivity contribution in [3.8, 4) is 11.3 Å². The lowest BCUT2D eigenvalue weighted by Gasteiger charge is -2.02. The van der Waals surface area contributed by atoms with Crippen LogP contribution >= 0.6 is 0 Å². The molecule has 1 aromatic carbocycles. The Labute approximate surface area is 79.6 Å². The minimum atomic E-state index is -0.387. The molecule has 0 saturated carbocycles. The Morgan fingerprint density at radius 3 is 2.71 bits per heavy atom. The van der Waals surface area contributed by atoms with Gasteiger partial charge >= 0.3 is 0 Å². The molecule has 0 aliphatic carbocycles. The number of benzene rings is 1. The van der Waals surface area contributed by atoms with Gasteiger partial charge in [0.2, 0.25) is 0 Å². The Bertz CT molecular complexity index is 415. The number of aromatic nitrogens is 3. The van der Waals surface area contributed by atoms with Crippen molar-refractivity contribution in [1.82, 2.24) is 15.2 Å². The molecular weight excluding hydrogens is 183 g/mol. The minimum absolute atomic E-state index is 0.171. The van der Waals surface area contributed by atoms with E-state index in [4.69, 9.17) is 5.73 Å². The van der Waals surface area contributed by atoms with E-state index in [9.17, 15) is 4.39 Å². The van der Waals surface area contributed by atoms with Crippen molar-refractivity contribution in [2.24, 2.45) is 0 Å². The molecule has 1 heterocycles. The third kappa shape index (κ3) is 1.39. The predicted molar refractivity (Wildman–Crippen MR) is 49.6 cm³/mol. The van der Waals surface area contributed by atoms with E-state index in [1.54, 1.807) is 18.2 Å². The van der Waals surface area contributed by atoms with Gasteiger partial charge in [-0.15, -0.1) is 10.2 Å². The van der Waals surface area contributed by atoms with E-state index in [0.717, 1.165) is 0 Å². The smallest absolute Gasteiger partial charge is 0.153 e. The highest BCUT2D eigenvalue weighted by molar-refractivity contribution is 5.69. The highest BCUT2D eigenvalue weighted by Gasteiger charge is 2.09. The number of hydrogen-bond donors (Lipinski definition) is 1. The Balaban J connectivity index is 2.61. The summed E-state index contributed by atoms with van der Waals surface area (Å²) in [6.45, 7) is 0. The second-order valence-electron chi connectivity index (χ2n) is 2.67. The monoisotopic (exact) mass is 190 g/mol. The summed E-state index contributed by atoms with van der Waals surface area (Å²) < 4.78 is 13.3. The summed E-state index contributed by atoms with van der Waals surface area (Å²) in [4.78, 5) is 3.73. The Morgan fingerprint density at radius 2 is 2.00 bits per heavy atom. The fraction of sp³-hybridized carbons (Fsp3) is 0. The number of hydrogen-bond acceptors (Lipinski definition) is 4. The molecule has 1 aromatic heterocycles. The molecule has 4 nitrogen and oxygen atoms in total. The average Bonchev–Trinajstić information content (AvgIpc) is 2.20. The quantitative estimate of drug-likeness (QED) is 0.735. The molecular formula is C9H7FN4. The first-order valence-corrected chi connectivity index (χ1v) is 3.97. The zero-order valence-corrected chi connectivity index (χ0v) is 7.18. The summed E-state index contributed by atoms with van der Waals surface area (Å²) in [5, 5.41) is 7.29. The summed E-state index contributed by atoms with van der Waals surface area (Å²) in [6, 6.07) is 6.21. The molecule has 5 heteroatoms. The molecule has 2 rings (SSSR count). The second-order valence-corrected chi connectivity index (χ2v) is 2.67. The van der Waals surface area contributed by atoms with Crippen LogP contribution < -0.4 is 5.73 Å². The van der Waals surface area contributed by atoms with Crippen molar-refractivity contribution >= 4 is 5.82 Å². The zero-order chi connectivity index (χ0) is 9.97. The van der Waals surface area contributed by atoms with E-state index in [1.807, 2.05) is 0 Å². The van der Waals surface area contributed by atoms with E-state index in [-0.39, 0.29) is 17.3 Å². The number of anilines is 1. The SMILES string of the molecule is Nc1ncnnc1-c1ccccc1F. The van der Waals surface area contributed by atoms with Crippen LogP contribution in [0.1, 0.15) is 0 Å². The van der Waals surface area contributed by atoms with E-state index >= 15 is 0 Å². The van der Waals surface area contributed by atoms with E-state index < -0.39 is 0 Å². The molecule has 0 radical (unpaired) electrons. The van der Waals surface area contributed by atoms with Crippen LogP contribution in [-0.2, 0) is 0 Å². The van der Waals surface area contributed by atoms with Crippen molar-refractivity contribution in [3.63, 3.8) is 0 Å². The number of nitrogens with two attached hydrogens (primary N) is 1. The summed E-state index contributed by atoms with van der Waals surface area (Å²) in [6.07, 6.45) is 1.22. The third-order valence-electron chi connectivity index (χ3n) is 1.78. The summed E-state index contributed by atoms with van der Waals surface area (Å²) >= 11 is 0. The summed E-state index contributed by atoms with van der Waals surface area (Å²) in [5.41, 5.74) is 6.12. The van der Waals surface area contributed by atoms with Crippen LogP contribution in [0.2, 0.25) is 0 Å². The largest absolute Gasteiger partial charge is 0.382 e. The van der Waals surface area contributed by atoms with Gasteiger partial charge < -0.3 is 5.73 Å². The first-order chi connectivity index (χ1) is 6.79. The Hall–Kier alpha value is -2.04. The summed E-state index contributed by atoms with van der Waals surface area (Å²) in [5.74, 6) is -0.216. The lowest BCUT2D eigenvalue weighted by Crippen LogP contribution is -1.99. The number of halogens is 1. The number of nitrogens with zero attached hydrogens (tertiary/aromatic N) is 3. The summed E-state index contributed by atoms with van der Waals surface area (Å²) in [7, 11) is 0. The molecule has 70 valence electrons. The maximum atomic E-state index is 13.3. The van der Waals surface area contributed by atoms with Gasteiger partial charge in [0, 0.05) is 5.56 Å². The van der Waals surface area contributed by atoms with Crippen LogP contribution in [0.4, 0.5) is 10.2 Å². The van der Waals surface area contributed by atoms with Crippen molar-refractivity contribution in [2.75, 3.05) is 5.73 Å². The van der Waals surface area contributed by atoms with Gasteiger partial charge in [0.1, 0.15) is 17.8 Å². The molecule has 0 amide bonds. The lowest BCUT2D eigenvalue weighted by atomic mass is 10.1. The Kier molecular flexibility index (Phi) is 2.06. The molecule has 0 fully saturated rings. The lowest BCUT2D eigenvalue weighted by molar-refractivity contribution is 0.630. The van der Waals surface area contributed by atoms with E-state index in [0.29, 0.717) is 5.56 Å². The molecule has 0 unspecified atom stereocenters.